The van der Waals surface area contributed by atoms with Crippen LogP contribution in [0.1, 0.15) is 32.8 Å². The number of anilines is 1. The van der Waals surface area contributed by atoms with Crippen LogP contribution in [-0.4, -0.2) is 16.0 Å². The molecule has 2 N–H and O–H groups in total. The van der Waals surface area contributed by atoms with Gasteiger partial charge < -0.3 is 10.4 Å². The Hall–Kier alpha value is -1.42. The highest BCUT2D eigenvalue weighted by molar-refractivity contribution is 5.91. The lowest BCUT2D eigenvalue weighted by Gasteiger charge is -2.15. The lowest BCUT2D eigenvalue weighted by Crippen LogP contribution is -2.18. The summed E-state index contributed by atoms with van der Waals surface area (Å²) in [7, 11) is 0. The number of aliphatic hydroxyl groups is 1. The second kappa shape index (κ2) is 6.35. The number of nitrogens with one attached hydrogen (secondary N) is 1. The van der Waals surface area contributed by atoms with E-state index in [9.17, 15) is 4.79 Å². The zero-order valence-electron chi connectivity index (χ0n) is 10.6. The summed E-state index contributed by atoms with van der Waals surface area (Å²) in [6, 6.07) is 1.70. The van der Waals surface area contributed by atoms with E-state index >= 15 is 0 Å². The largest absolute Gasteiger partial charge is 0.392 e. The van der Waals surface area contributed by atoms with Crippen molar-refractivity contribution in [2.75, 3.05) is 5.32 Å². The predicted molar refractivity (Wildman–Crippen MR) is 67.4 cm³/mol. The Balaban J connectivity index is 2.62. The molecule has 1 unspecified atom stereocenters. The number of hydrogen-bond donors (Lipinski definition) is 2. The van der Waals surface area contributed by atoms with Gasteiger partial charge in [-0.2, -0.15) is 0 Å². The summed E-state index contributed by atoms with van der Waals surface area (Å²) in [6.45, 7) is 6.15. The zero-order chi connectivity index (χ0) is 12.8. The van der Waals surface area contributed by atoms with E-state index in [1.807, 2.05) is 0 Å². The Labute approximate surface area is 102 Å². The lowest BCUT2D eigenvalue weighted by molar-refractivity contribution is -0.117. The fourth-order valence-electron chi connectivity index (χ4n) is 1.40. The predicted octanol–water partition coefficient (Wildman–Crippen LogP) is 2.19. The van der Waals surface area contributed by atoms with Gasteiger partial charge in [0.2, 0.25) is 5.91 Å². The summed E-state index contributed by atoms with van der Waals surface area (Å²) in [4.78, 5) is 15.7. The quantitative estimate of drug-likeness (QED) is 0.823. The average Bonchev–Trinajstić information content (AvgIpc) is 2.29. The molecule has 0 aliphatic heterocycles. The molecule has 1 rings (SSSR count). The van der Waals surface area contributed by atoms with Gasteiger partial charge in [0.25, 0.3) is 0 Å². The summed E-state index contributed by atoms with van der Waals surface area (Å²) in [6.07, 6.45) is 3.64. The Morgan fingerprint density at radius 3 is 2.76 bits per heavy atom. The molecule has 1 heterocycles. The lowest BCUT2D eigenvalue weighted by atomic mass is 9.94. The summed E-state index contributed by atoms with van der Waals surface area (Å²) in [5.41, 5.74) is 1.28. The van der Waals surface area contributed by atoms with E-state index in [1.165, 1.54) is 0 Å². The normalized spacial score (nSPS) is 12.5. The van der Waals surface area contributed by atoms with Crippen molar-refractivity contribution in [2.24, 2.45) is 11.8 Å². The highest BCUT2D eigenvalue weighted by Gasteiger charge is 2.13. The monoisotopic (exact) mass is 236 g/mol. The molecule has 17 heavy (non-hydrogen) atoms. The van der Waals surface area contributed by atoms with E-state index in [2.05, 4.69) is 31.1 Å². The standard InChI is InChI=1S/C13H20N2O2/c1-9(2)10(3)6-13(17)15-12-7-14-5-4-11(12)8-16/h4-5,7,9-10,16H,6,8H2,1-3H3,(H,15,17). The van der Waals surface area contributed by atoms with Crippen LogP contribution >= 0.6 is 0 Å². The van der Waals surface area contributed by atoms with Gasteiger partial charge in [0.15, 0.2) is 0 Å². The summed E-state index contributed by atoms with van der Waals surface area (Å²) < 4.78 is 0. The van der Waals surface area contributed by atoms with Crippen molar-refractivity contribution < 1.29 is 9.90 Å². The zero-order valence-corrected chi connectivity index (χ0v) is 10.6. The topological polar surface area (TPSA) is 62.2 Å². The van der Waals surface area contributed by atoms with E-state index in [1.54, 1.807) is 18.5 Å². The summed E-state index contributed by atoms with van der Waals surface area (Å²) in [5.74, 6) is 0.783. The molecular weight excluding hydrogens is 216 g/mol. The van der Waals surface area contributed by atoms with Crippen LogP contribution in [0.2, 0.25) is 0 Å². The van der Waals surface area contributed by atoms with Crippen molar-refractivity contribution in [1.82, 2.24) is 4.98 Å². The SMILES string of the molecule is CC(C)C(C)CC(=O)Nc1cnccc1CO. The second-order valence-electron chi connectivity index (χ2n) is 4.66. The first-order valence-corrected chi connectivity index (χ1v) is 5.88. The van der Waals surface area contributed by atoms with Crippen molar-refractivity contribution in [3.05, 3.63) is 24.0 Å². The number of nitrogens with zero attached hydrogens (tertiary/aromatic N) is 1. The van der Waals surface area contributed by atoms with E-state index < -0.39 is 0 Å². The van der Waals surface area contributed by atoms with Gasteiger partial charge >= 0.3 is 0 Å². The molecule has 0 radical (unpaired) electrons. The van der Waals surface area contributed by atoms with Crippen LogP contribution in [-0.2, 0) is 11.4 Å². The first-order chi connectivity index (χ1) is 8.04. The summed E-state index contributed by atoms with van der Waals surface area (Å²) in [5, 5.41) is 11.9. The van der Waals surface area contributed by atoms with Gasteiger partial charge in [0.05, 0.1) is 18.5 Å². The molecule has 4 nitrogen and oxygen atoms in total. The molecule has 0 aromatic carbocycles. The highest BCUT2D eigenvalue weighted by Crippen LogP contribution is 2.17. The molecule has 0 bridgehead atoms. The van der Waals surface area contributed by atoms with Crippen LogP contribution in [0.15, 0.2) is 18.5 Å². The third-order valence-electron chi connectivity index (χ3n) is 3.00. The number of amides is 1. The van der Waals surface area contributed by atoms with Crippen molar-refractivity contribution in [3.8, 4) is 0 Å². The van der Waals surface area contributed by atoms with E-state index in [0.29, 0.717) is 29.5 Å². The molecule has 1 amide bonds. The van der Waals surface area contributed by atoms with Crippen LogP contribution in [0.4, 0.5) is 5.69 Å². The number of aliphatic hydroxyl groups excluding tert-OH is 1. The number of hydrogen-bond acceptors (Lipinski definition) is 3. The number of aromatic nitrogens is 1. The van der Waals surface area contributed by atoms with Crippen molar-refractivity contribution in [3.63, 3.8) is 0 Å². The maximum absolute atomic E-state index is 11.8. The molecule has 1 aromatic rings. The fourth-order valence-corrected chi connectivity index (χ4v) is 1.40. The minimum Gasteiger partial charge on any atom is -0.392 e. The molecule has 1 aromatic heterocycles. The van der Waals surface area contributed by atoms with Gasteiger partial charge in [0, 0.05) is 18.2 Å². The van der Waals surface area contributed by atoms with Gasteiger partial charge in [0.1, 0.15) is 0 Å². The number of carbonyl (C=O) groups is 1. The minimum atomic E-state index is -0.0993. The number of rotatable bonds is 5. The van der Waals surface area contributed by atoms with Crippen molar-refractivity contribution >= 4 is 11.6 Å². The summed E-state index contributed by atoms with van der Waals surface area (Å²) >= 11 is 0. The highest BCUT2D eigenvalue weighted by atomic mass is 16.3. The molecule has 0 fully saturated rings. The van der Waals surface area contributed by atoms with Crippen molar-refractivity contribution in [2.45, 2.75) is 33.8 Å². The Morgan fingerprint density at radius 1 is 1.47 bits per heavy atom. The first kappa shape index (κ1) is 13.6. The Kier molecular flexibility index (Phi) is 5.10. The van der Waals surface area contributed by atoms with Crippen LogP contribution < -0.4 is 5.32 Å². The van der Waals surface area contributed by atoms with Gasteiger partial charge in [-0.1, -0.05) is 20.8 Å². The molecule has 1 atom stereocenters. The van der Waals surface area contributed by atoms with Crippen molar-refractivity contribution in [1.29, 1.82) is 0 Å². The van der Waals surface area contributed by atoms with Crippen LogP contribution in [0.25, 0.3) is 0 Å². The van der Waals surface area contributed by atoms with Gasteiger partial charge in [-0.15, -0.1) is 0 Å². The first-order valence-electron chi connectivity index (χ1n) is 5.88. The van der Waals surface area contributed by atoms with Crippen LogP contribution in [0.3, 0.4) is 0 Å². The Morgan fingerprint density at radius 2 is 2.18 bits per heavy atom. The maximum atomic E-state index is 11.8. The van der Waals surface area contributed by atoms with Crippen LogP contribution in [0, 0.1) is 11.8 Å². The number of pyridine rings is 1. The Bertz CT molecular complexity index is 377. The van der Waals surface area contributed by atoms with E-state index in [-0.39, 0.29) is 12.5 Å². The average molecular weight is 236 g/mol. The molecule has 4 heteroatoms. The van der Waals surface area contributed by atoms with E-state index in [0.717, 1.165) is 0 Å². The third kappa shape index (κ3) is 4.15. The van der Waals surface area contributed by atoms with Crippen LogP contribution in [0.5, 0.6) is 0 Å². The molecule has 0 saturated carbocycles. The second-order valence-corrected chi connectivity index (χ2v) is 4.66. The smallest absolute Gasteiger partial charge is 0.224 e. The van der Waals surface area contributed by atoms with Gasteiger partial charge in [-0.05, 0) is 17.9 Å². The fraction of sp³-hybridized carbons (Fsp3) is 0.538. The molecule has 0 saturated heterocycles. The molecule has 94 valence electrons. The molecular formula is C13H20N2O2. The minimum absolute atomic E-state index is 0.0334. The van der Waals surface area contributed by atoms with E-state index in [4.69, 9.17) is 5.11 Å². The number of carbonyl (C=O) groups excluding carboxylic acids is 1. The van der Waals surface area contributed by atoms with Gasteiger partial charge in [-0.25, -0.2) is 0 Å². The molecule has 0 spiro atoms. The molecule has 0 aliphatic rings. The van der Waals surface area contributed by atoms with Gasteiger partial charge in [-0.3, -0.25) is 9.78 Å². The third-order valence-corrected chi connectivity index (χ3v) is 3.00. The molecule has 0 aliphatic carbocycles. The maximum Gasteiger partial charge on any atom is 0.224 e.